The molecule has 1 aliphatic carbocycles. The van der Waals surface area contributed by atoms with Crippen molar-refractivity contribution < 1.29 is 9.90 Å². The van der Waals surface area contributed by atoms with Gasteiger partial charge in [-0.2, -0.15) is 0 Å². The molecule has 1 aliphatic rings. The van der Waals surface area contributed by atoms with Crippen LogP contribution in [0.2, 0.25) is 0 Å². The topological polar surface area (TPSA) is 53.4 Å². The third kappa shape index (κ3) is 3.84. The number of carboxylic acids is 1. The maximum atomic E-state index is 10.6. The molecule has 1 aromatic heterocycles. The molecule has 1 N–H and O–H groups in total. The Morgan fingerprint density at radius 2 is 2.14 bits per heavy atom. The van der Waals surface area contributed by atoms with Crippen LogP contribution in [-0.4, -0.2) is 29.1 Å². The second-order valence-corrected chi connectivity index (χ2v) is 6.02. The van der Waals surface area contributed by atoms with E-state index in [1.165, 1.54) is 25.7 Å². The van der Waals surface area contributed by atoms with Crippen LogP contribution < -0.4 is 4.90 Å². The fourth-order valence-electron chi connectivity index (χ4n) is 3.25. The average molecular weight is 288 g/mol. The molecule has 0 aliphatic heterocycles. The lowest BCUT2D eigenvalue weighted by Gasteiger charge is -2.37. The summed E-state index contributed by atoms with van der Waals surface area (Å²) in [6.07, 6.45) is 9.59. The van der Waals surface area contributed by atoms with Gasteiger partial charge in [-0.1, -0.05) is 19.8 Å². The number of carbonyl (C=O) groups is 1. The first kappa shape index (κ1) is 15.5. The van der Waals surface area contributed by atoms with Gasteiger partial charge in [-0.05, 0) is 49.0 Å². The van der Waals surface area contributed by atoms with Gasteiger partial charge in [-0.15, -0.1) is 0 Å². The number of aryl methyl sites for hydroxylation is 1. The number of carboxylic acid groups (broad SMARTS) is 1. The summed E-state index contributed by atoms with van der Waals surface area (Å²) in [5.41, 5.74) is 1.91. The zero-order chi connectivity index (χ0) is 15.4. The summed E-state index contributed by atoms with van der Waals surface area (Å²) in [4.78, 5) is 17.4. The van der Waals surface area contributed by atoms with E-state index < -0.39 is 5.97 Å². The number of rotatable bonds is 4. The Balaban J connectivity index is 2.18. The van der Waals surface area contributed by atoms with Crippen molar-refractivity contribution in [3.8, 4) is 0 Å². The Labute approximate surface area is 126 Å². The lowest BCUT2D eigenvalue weighted by molar-refractivity contribution is -0.131. The lowest BCUT2D eigenvalue weighted by atomic mass is 9.85. The number of aromatic nitrogens is 1. The molecule has 0 spiro atoms. The minimum Gasteiger partial charge on any atom is -0.478 e. The van der Waals surface area contributed by atoms with Gasteiger partial charge in [0.1, 0.15) is 5.82 Å². The van der Waals surface area contributed by atoms with Crippen molar-refractivity contribution in [2.75, 3.05) is 11.9 Å². The van der Waals surface area contributed by atoms with E-state index in [1.807, 2.05) is 13.0 Å². The van der Waals surface area contributed by atoms with Gasteiger partial charge >= 0.3 is 5.97 Å². The zero-order valence-electron chi connectivity index (χ0n) is 13.0. The Morgan fingerprint density at radius 1 is 1.43 bits per heavy atom. The van der Waals surface area contributed by atoms with Crippen LogP contribution in [0.1, 0.15) is 43.7 Å². The third-order valence-electron chi connectivity index (χ3n) is 4.39. The van der Waals surface area contributed by atoms with Crippen LogP contribution in [0.25, 0.3) is 6.08 Å². The van der Waals surface area contributed by atoms with Crippen LogP contribution in [0.15, 0.2) is 18.3 Å². The van der Waals surface area contributed by atoms with Crippen LogP contribution in [0.3, 0.4) is 0 Å². The molecule has 0 saturated heterocycles. The summed E-state index contributed by atoms with van der Waals surface area (Å²) in [6.45, 7) is 4.35. The lowest BCUT2D eigenvalue weighted by Crippen LogP contribution is -2.39. The molecule has 1 fully saturated rings. The van der Waals surface area contributed by atoms with Crippen molar-refractivity contribution in [3.63, 3.8) is 0 Å². The highest BCUT2D eigenvalue weighted by molar-refractivity contribution is 5.85. The molecule has 2 rings (SSSR count). The van der Waals surface area contributed by atoms with Crippen molar-refractivity contribution in [1.82, 2.24) is 4.98 Å². The van der Waals surface area contributed by atoms with Crippen molar-refractivity contribution in [2.24, 2.45) is 5.92 Å². The Bertz CT molecular complexity index is 540. The predicted octanol–water partition coefficient (Wildman–Crippen LogP) is 3.50. The second kappa shape index (κ2) is 6.74. The van der Waals surface area contributed by atoms with E-state index in [4.69, 9.17) is 5.11 Å². The molecular weight excluding hydrogens is 264 g/mol. The first-order chi connectivity index (χ1) is 9.99. The van der Waals surface area contributed by atoms with Gasteiger partial charge in [-0.3, -0.25) is 0 Å². The van der Waals surface area contributed by atoms with Crippen molar-refractivity contribution in [2.45, 2.75) is 45.6 Å². The summed E-state index contributed by atoms with van der Waals surface area (Å²) in [5.74, 6) is 0.752. The summed E-state index contributed by atoms with van der Waals surface area (Å²) in [7, 11) is 2.12. The number of hydrogen-bond donors (Lipinski definition) is 1. The van der Waals surface area contributed by atoms with Crippen molar-refractivity contribution in [3.05, 3.63) is 29.5 Å². The highest BCUT2D eigenvalue weighted by Crippen LogP contribution is 2.31. The highest BCUT2D eigenvalue weighted by atomic mass is 16.4. The summed E-state index contributed by atoms with van der Waals surface area (Å²) >= 11 is 0. The van der Waals surface area contributed by atoms with Crippen LogP contribution in [0.5, 0.6) is 0 Å². The first-order valence-electron chi connectivity index (χ1n) is 7.59. The maximum absolute atomic E-state index is 10.6. The van der Waals surface area contributed by atoms with Gasteiger partial charge in [0, 0.05) is 25.4 Å². The van der Waals surface area contributed by atoms with Gasteiger partial charge in [-0.25, -0.2) is 9.78 Å². The van der Waals surface area contributed by atoms with E-state index in [9.17, 15) is 4.79 Å². The van der Waals surface area contributed by atoms with Gasteiger partial charge in [0.25, 0.3) is 0 Å². The van der Waals surface area contributed by atoms with E-state index >= 15 is 0 Å². The van der Waals surface area contributed by atoms with Crippen molar-refractivity contribution >= 4 is 17.9 Å². The quantitative estimate of drug-likeness (QED) is 0.862. The molecule has 2 atom stereocenters. The fourth-order valence-corrected chi connectivity index (χ4v) is 3.25. The molecule has 4 heteroatoms. The minimum absolute atomic E-state index is 0.547. The SMILES string of the molecule is Cc1cc(/C=C/C(=O)O)cnc1N(C)C1CCCCC1C. The monoisotopic (exact) mass is 288 g/mol. The number of anilines is 1. The normalized spacial score (nSPS) is 22.4. The van der Waals surface area contributed by atoms with E-state index in [0.29, 0.717) is 12.0 Å². The smallest absolute Gasteiger partial charge is 0.328 e. The number of pyridine rings is 1. The van der Waals surface area contributed by atoms with Crippen LogP contribution in [0.4, 0.5) is 5.82 Å². The van der Waals surface area contributed by atoms with E-state index in [1.54, 1.807) is 12.3 Å². The standard InChI is InChI=1S/C17H24N2O2/c1-12-6-4-5-7-15(12)19(3)17-13(2)10-14(11-18-17)8-9-16(20)21/h8-12,15H,4-7H2,1-3H3,(H,20,21)/b9-8+. The van der Waals surface area contributed by atoms with Crippen LogP contribution in [0, 0.1) is 12.8 Å². The number of aliphatic carboxylic acids is 1. The van der Waals surface area contributed by atoms with E-state index in [2.05, 4.69) is 23.9 Å². The van der Waals surface area contributed by atoms with Gasteiger partial charge < -0.3 is 10.0 Å². The summed E-state index contributed by atoms with van der Waals surface area (Å²) in [5, 5.41) is 8.67. The number of nitrogens with zero attached hydrogens (tertiary/aromatic N) is 2. The van der Waals surface area contributed by atoms with Crippen LogP contribution >= 0.6 is 0 Å². The predicted molar refractivity (Wildman–Crippen MR) is 85.5 cm³/mol. The molecule has 1 aromatic rings. The second-order valence-electron chi connectivity index (χ2n) is 6.02. The molecule has 0 radical (unpaired) electrons. The number of hydrogen-bond acceptors (Lipinski definition) is 3. The first-order valence-corrected chi connectivity index (χ1v) is 7.59. The highest BCUT2D eigenvalue weighted by Gasteiger charge is 2.26. The molecule has 0 bridgehead atoms. The van der Waals surface area contributed by atoms with Gasteiger partial charge in [0.2, 0.25) is 0 Å². The molecule has 2 unspecified atom stereocenters. The molecule has 0 amide bonds. The maximum Gasteiger partial charge on any atom is 0.328 e. The third-order valence-corrected chi connectivity index (χ3v) is 4.39. The Kier molecular flexibility index (Phi) is 4.99. The van der Waals surface area contributed by atoms with E-state index in [-0.39, 0.29) is 0 Å². The van der Waals surface area contributed by atoms with Crippen molar-refractivity contribution in [1.29, 1.82) is 0 Å². The fraction of sp³-hybridized carbons (Fsp3) is 0.529. The molecule has 114 valence electrons. The molecule has 4 nitrogen and oxygen atoms in total. The Morgan fingerprint density at radius 3 is 2.76 bits per heavy atom. The largest absolute Gasteiger partial charge is 0.478 e. The Hall–Kier alpha value is -1.84. The van der Waals surface area contributed by atoms with E-state index in [0.717, 1.165) is 23.0 Å². The molecule has 1 heterocycles. The average Bonchev–Trinajstić information content (AvgIpc) is 2.45. The van der Waals surface area contributed by atoms with Crippen LogP contribution in [-0.2, 0) is 4.79 Å². The van der Waals surface area contributed by atoms with Gasteiger partial charge in [0.15, 0.2) is 0 Å². The zero-order valence-corrected chi connectivity index (χ0v) is 13.0. The minimum atomic E-state index is -0.940. The molecule has 21 heavy (non-hydrogen) atoms. The summed E-state index contributed by atoms with van der Waals surface area (Å²) < 4.78 is 0. The molecular formula is C17H24N2O2. The van der Waals surface area contributed by atoms with Gasteiger partial charge in [0.05, 0.1) is 0 Å². The molecule has 1 saturated carbocycles. The molecule has 0 aromatic carbocycles. The summed E-state index contributed by atoms with van der Waals surface area (Å²) in [6, 6.07) is 2.54.